The Kier molecular flexibility index (Phi) is 5.53. The lowest BCUT2D eigenvalue weighted by molar-refractivity contribution is -0.121. The number of hydrogen-bond acceptors (Lipinski definition) is 4. The van der Waals surface area contributed by atoms with E-state index < -0.39 is 0 Å². The number of para-hydroxylation sites is 1. The number of nitrogens with zero attached hydrogens (tertiary/aromatic N) is 3. The van der Waals surface area contributed by atoms with Crippen molar-refractivity contribution in [3.8, 4) is 16.9 Å². The molecule has 158 valence electrons. The van der Waals surface area contributed by atoms with Gasteiger partial charge in [-0.05, 0) is 23.8 Å². The first-order valence-corrected chi connectivity index (χ1v) is 9.67. The van der Waals surface area contributed by atoms with Crippen molar-refractivity contribution >= 4 is 16.9 Å². The lowest BCUT2D eigenvalue weighted by atomic mass is 10.1. The molecule has 1 N–H and O–H groups in total. The van der Waals surface area contributed by atoms with Gasteiger partial charge in [0.15, 0.2) is 0 Å². The number of aromatic nitrogens is 3. The predicted octanol–water partition coefficient (Wildman–Crippen LogP) is 2.87. The van der Waals surface area contributed by atoms with Crippen LogP contribution in [0.1, 0.15) is 5.56 Å². The molecule has 0 unspecified atom stereocenters. The van der Waals surface area contributed by atoms with Crippen LogP contribution < -0.4 is 15.6 Å². The maximum Gasteiger partial charge on any atom is 0.278 e. The summed E-state index contributed by atoms with van der Waals surface area (Å²) in [6, 6.07) is 13.4. The molecule has 0 bridgehead atoms. The van der Waals surface area contributed by atoms with Crippen LogP contribution in [-0.4, -0.2) is 27.1 Å². The van der Waals surface area contributed by atoms with Crippen LogP contribution in [0.15, 0.2) is 65.8 Å². The van der Waals surface area contributed by atoms with Gasteiger partial charge in [0.25, 0.3) is 5.56 Å². The highest BCUT2D eigenvalue weighted by atomic mass is 19.1. The van der Waals surface area contributed by atoms with E-state index in [1.54, 1.807) is 37.1 Å². The van der Waals surface area contributed by atoms with Crippen molar-refractivity contribution in [3.63, 3.8) is 0 Å². The van der Waals surface area contributed by atoms with Crippen LogP contribution >= 0.6 is 0 Å². The van der Waals surface area contributed by atoms with Crippen molar-refractivity contribution < 1.29 is 13.9 Å². The highest BCUT2D eigenvalue weighted by Crippen LogP contribution is 2.27. The first kappa shape index (κ1) is 20.3. The van der Waals surface area contributed by atoms with Gasteiger partial charge < -0.3 is 14.6 Å². The molecule has 0 saturated carbocycles. The Labute approximate surface area is 177 Å². The molecule has 4 rings (SSSR count). The summed E-state index contributed by atoms with van der Waals surface area (Å²) in [6.45, 7) is 0.125. The maximum absolute atomic E-state index is 13.3. The Balaban J connectivity index is 1.57. The van der Waals surface area contributed by atoms with E-state index in [2.05, 4.69) is 10.3 Å². The molecule has 0 spiro atoms. The maximum atomic E-state index is 13.3. The second-order valence-electron chi connectivity index (χ2n) is 7.12. The SMILES string of the molecule is COc1ccccc1CNC(=O)Cn1cnc2c(-c3ccc(F)cc3)cn(C)c2c1=O. The number of halogens is 1. The molecule has 0 aliphatic heterocycles. The standard InChI is InChI=1S/C23H21FN4O3/c1-27-12-18(15-7-9-17(24)10-8-15)21-22(27)23(30)28(14-26-21)13-20(29)25-11-16-5-3-4-6-19(16)31-2/h3-10,12,14H,11,13H2,1-2H3,(H,25,29). The minimum absolute atomic E-state index is 0.159. The van der Waals surface area contributed by atoms with Crippen molar-refractivity contribution in [2.45, 2.75) is 13.1 Å². The third-order valence-electron chi connectivity index (χ3n) is 5.08. The van der Waals surface area contributed by atoms with Crippen LogP contribution in [-0.2, 0) is 24.9 Å². The quantitative estimate of drug-likeness (QED) is 0.520. The van der Waals surface area contributed by atoms with Gasteiger partial charge in [0.1, 0.15) is 29.1 Å². The van der Waals surface area contributed by atoms with Crippen molar-refractivity contribution in [2.24, 2.45) is 7.05 Å². The Morgan fingerprint density at radius 1 is 1.16 bits per heavy atom. The van der Waals surface area contributed by atoms with Gasteiger partial charge in [-0.3, -0.25) is 14.2 Å². The highest BCUT2D eigenvalue weighted by Gasteiger charge is 2.16. The largest absolute Gasteiger partial charge is 0.496 e. The van der Waals surface area contributed by atoms with Crippen LogP contribution in [0.4, 0.5) is 4.39 Å². The van der Waals surface area contributed by atoms with Crippen molar-refractivity contribution in [1.82, 2.24) is 19.4 Å². The molecule has 7 nitrogen and oxygen atoms in total. The summed E-state index contributed by atoms with van der Waals surface area (Å²) in [4.78, 5) is 29.8. The van der Waals surface area contributed by atoms with Gasteiger partial charge in [-0.25, -0.2) is 9.37 Å². The lowest BCUT2D eigenvalue weighted by Gasteiger charge is -2.10. The zero-order chi connectivity index (χ0) is 22.0. The highest BCUT2D eigenvalue weighted by molar-refractivity contribution is 5.92. The summed E-state index contributed by atoms with van der Waals surface area (Å²) in [6.07, 6.45) is 3.14. The minimum Gasteiger partial charge on any atom is -0.496 e. The van der Waals surface area contributed by atoms with Crippen LogP contribution in [0.2, 0.25) is 0 Å². The smallest absolute Gasteiger partial charge is 0.278 e. The van der Waals surface area contributed by atoms with E-state index in [0.717, 1.165) is 16.7 Å². The average Bonchev–Trinajstić information content (AvgIpc) is 3.12. The number of carbonyl (C=O) groups is 1. The number of rotatable bonds is 6. The zero-order valence-electron chi connectivity index (χ0n) is 17.1. The third kappa shape index (κ3) is 4.05. The Bertz CT molecular complexity index is 1310. The second kappa shape index (κ2) is 8.43. The van der Waals surface area contributed by atoms with Crippen LogP contribution in [0.5, 0.6) is 5.75 Å². The van der Waals surface area contributed by atoms with E-state index >= 15 is 0 Å². The first-order valence-electron chi connectivity index (χ1n) is 9.67. The fourth-order valence-electron chi connectivity index (χ4n) is 3.52. The molecule has 0 fully saturated rings. The van der Waals surface area contributed by atoms with Crippen molar-refractivity contribution in [2.75, 3.05) is 7.11 Å². The van der Waals surface area contributed by atoms with Gasteiger partial charge >= 0.3 is 0 Å². The number of hydrogen-bond donors (Lipinski definition) is 1. The number of methoxy groups -OCH3 is 1. The molecule has 0 aliphatic rings. The zero-order valence-corrected chi connectivity index (χ0v) is 17.1. The Morgan fingerprint density at radius 3 is 2.65 bits per heavy atom. The summed E-state index contributed by atoms with van der Waals surface area (Å²) < 4.78 is 21.5. The van der Waals surface area contributed by atoms with E-state index in [-0.39, 0.29) is 30.4 Å². The fourth-order valence-corrected chi connectivity index (χ4v) is 3.52. The molecule has 0 radical (unpaired) electrons. The van der Waals surface area contributed by atoms with Crippen LogP contribution in [0.3, 0.4) is 0 Å². The topological polar surface area (TPSA) is 78.2 Å². The monoisotopic (exact) mass is 420 g/mol. The molecule has 2 aromatic heterocycles. The molecule has 31 heavy (non-hydrogen) atoms. The molecule has 0 saturated heterocycles. The van der Waals surface area contributed by atoms with E-state index in [0.29, 0.717) is 16.8 Å². The average molecular weight is 420 g/mol. The summed E-state index contributed by atoms with van der Waals surface area (Å²) >= 11 is 0. The third-order valence-corrected chi connectivity index (χ3v) is 5.08. The van der Waals surface area contributed by atoms with Crippen LogP contribution in [0, 0.1) is 5.82 Å². The minimum atomic E-state index is -0.335. The number of amides is 1. The number of carbonyl (C=O) groups excluding carboxylic acids is 1. The number of fused-ring (bicyclic) bond motifs is 1. The second-order valence-corrected chi connectivity index (χ2v) is 7.12. The fraction of sp³-hybridized carbons (Fsp3) is 0.174. The van der Waals surface area contributed by atoms with E-state index in [9.17, 15) is 14.0 Å². The Hall–Kier alpha value is -3.94. The van der Waals surface area contributed by atoms with Gasteiger partial charge in [-0.2, -0.15) is 0 Å². The number of benzene rings is 2. The number of nitrogens with one attached hydrogen (secondary N) is 1. The molecule has 4 aromatic rings. The van der Waals surface area contributed by atoms with Crippen molar-refractivity contribution in [3.05, 3.63) is 82.8 Å². The summed E-state index contributed by atoms with van der Waals surface area (Å²) in [5.74, 6) is 0.0285. The number of ether oxygens (including phenoxy) is 1. The van der Waals surface area contributed by atoms with Gasteiger partial charge in [0.05, 0.1) is 13.4 Å². The summed E-state index contributed by atoms with van der Waals surface area (Å²) in [5, 5.41) is 2.80. The molecular formula is C23H21FN4O3. The van der Waals surface area contributed by atoms with Gasteiger partial charge in [0, 0.05) is 30.9 Å². The molecule has 8 heteroatoms. The summed E-state index contributed by atoms with van der Waals surface area (Å²) in [7, 11) is 3.31. The molecule has 2 heterocycles. The van der Waals surface area contributed by atoms with Gasteiger partial charge in [-0.1, -0.05) is 30.3 Å². The Morgan fingerprint density at radius 2 is 1.90 bits per heavy atom. The van der Waals surface area contributed by atoms with Crippen LogP contribution in [0.25, 0.3) is 22.2 Å². The lowest BCUT2D eigenvalue weighted by Crippen LogP contribution is -2.32. The predicted molar refractivity (Wildman–Crippen MR) is 115 cm³/mol. The first-order chi connectivity index (χ1) is 15.0. The number of aryl methyl sites for hydroxylation is 1. The molecule has 0 aliphatic carbocycles. The molecule has 1 amide bonds. The normalized spacial score (nSPS) is 10.9. The summed E-state index contributed by atoms with van der Waals surface area (Å²) in [5.41, 5.74) is 2.87. The van der Waals surface area contributed by atoms with E-state index in [1.807, 2.05) is 24.3 Å². The van der Waals surface area contributed by atoms with Crippen molar-refractivity contribution in [1.29, 1.82) is 0 Å². The van der Waals surface area contributed by atoms with Gasteiger partial charge in [0.2, 0.25) is 5.91 Å². The van der Waals surface area contributed by atoms with Gasteiger partial charge in [-0.15, -0.1) is 0 Å². The molecular weight excluding hydrogens is 399 g/mol. The van der Waals surface area contributed by atoms with E-state index in [1.165, 1.54) is 23.0 Å². The molecule has 2 aromatic carbocycles. The van der Waals surface area contributed by atoms with E-state index in [4.69, 9.17) is 4.74 Å². The molecule has 0 atom stereocenters.